The Morgan fingerprint density at radius 3 is 2.77 bits per heavy atom. The van der Waals surface area contributed by atoms with Gasteiger partial charge in [-0.1, -0.05) is 6.07 Å². The Kier molecular flexibility index (Phi) is 4.41. The summed E-state index contributed by atoms with van der Waals surface area (Å²) in [5.74, 6) is -0.835. The number of anilines is 4. The fourth-order valence-corrected chi connectivity index (χ4v) is 5.22. The number of benzene rings is 1. The zero-order valence-electron chi connectivity index (χ0n) is 16.1. The van der Waals surface area contributed by atoms with Crippen LogP contribution in [0.4, 0.5) is 32.3 Å². The van der Waals surface area contributed by atoms with Gasteiger partial charge < -0.3 is 27.0 Å². The first-order valence-corrected chi connectivity index (χ1v) is 9.98. The molecule has 6 bridgehead atoms. The average molecular weight is 411 g/mol. The lowest BCUT2D eigenvalue weighted by molar-refractivity contribution is -0.123. The second-order valence-corrected chi connectivity index (χ2v) is 8.18. The predicted octanol–water partition coefficient (Wildman–Crippen LogP) is 2.03. The molecule has 156 valence electrons. The van der Waals surface area contributed by atoms with E-state index in [-0.39, 0.29) is 41.6 Å². The minimum atomic E-state index is -0.601. The number of rotatable bonds is 1. The van der Waals surface area contributed by atoms with E-state index in [1.54, 1.807) is 24.3 Å². The molecule has 2 aliphatic carbocycles. The molecule has 5 atom stereocenters. The lowest BCUT2D eigenvalue weighted by Crippen LogP contribution is -2.47. The number of amides is 3. The van der Waals surface area contributed by atoms with Crippen LogP contribution in [-0.2, 0) is 4.79 Å². The third-order valence-electron chi connectivity index (χ3n) is 6.42. The molecule has 0 spiro atoms. The zero-order valence-corrected chi connectivity index (χ0v) is 16.1. The van der Waals surface area contributed by atoms with Crippen molar-refractivity contribution in [2.24, 2.45) is 29.4 Å². The van der Waals surface area contributed by atoms with Crippen LogP contribution in [0.5, 0.6) is 0 Å². The average Bonchev–Trinajstić information content (AvgIpc) is 3.27. The second kappa shape index (κ2) is 7.12. The van der Waals surface area contributed by atoms with Crippen LogP contribution >= 0.6 is 0 Å². The van der Waals surface area contributed by atoms with Gasteiger partial charge in [0.05, 0.1) is 12.1 Å². The minimum Gasteiger partial charge on any atom is -0.369 e. The Bertz CT molecular complexity index is 1020. The van der Waals surface area contributed by atoms with E-state index < -0.39 is 17.6 Å². The van der Waals surface area contributed by atoms with E-state index in [0.717, 1.165) is 19.0 Å². The van der Waals surface area contributed by atoms with Gasteiger partial charge in [0.1, 0.15) is 0 Å². The van der Waals surface area contributed by atoms with E-state index in [4.69, 9.17) is 5.73 Å². The third kappa shape index (κ3) is 3.27. The fourth-order valence-electron chi connectivity index (χ4n) is 5.22. The summed E-state index contributed by atoms with van der Waals surface area (Å²) in [7, 11) is 0. The monoisotopic (exact) mass is 411 g/mol. The first-order valence-electron chi connectivity index (χ1n) is 9.98. The largest absolute Gasteiger partial charge is 0.369 e. The Balaban J connectivity index is 1.53. The Morgan fingerprint density at radius 1 is 1.17 bits per heavy atom. The number of aromatic nitrogens is 2. The number of halogens is 1. The maximum Gasteiger partial charge on any atom is 0.319 e. The van der Waals surface area contributed by atoms with E-state index in [1.165, 1.54) is 0 Å². The second-order valence-electron chi connectivity index (χ2n) is 8.18. The van der Waals surface area contributed by atoms with Crippen molar-refractivity contribution in [3.05, 3.63) is 36.3 Å². The summed E-state index contributed by atoms with van der Waals surface area (Å²) in [5, 5.41) is 11.9. The van der Waals surface area contributed by atoms with Crippen LogP contribution in [-0.4, -0.2) is 34.5 Å². The molecule has 0 unspecified atom stereocenters. The molecule has 30 heavy (non-hydrogen) atoms. The molecule has 5 rings (SSSR count). The van der Waals surface area contributed by atoms with Gasteiger partial charge in [0.2, 0.25) is 11.9 Å². The third-order valence-corrected chi connectivity index (χ3v) is 6.42. The first kappa shape index (κ1) is 18.6. The van der Waals surface area contributed by atoms with Crippen LogP contribution in [0.15, 0.2) is 30.5 Å². The van der Waals surface area contributed by atoms with Crippen LogP contribution in [0.1, 0.15) is 12.8 Å². The molecule has 6 N–H and O–H groups in total. The van der Waals surface area contributed by atoms with Crippen LogP contribution < -0.4 is 27.0 Å². The summed E-state index contributed by atoms with van der Waals surface area (Å²) >= 11 is 0. The van der Waals surface area contributed by atoms with E-state index in [0.29, 0.717) is 17.9 Å². The van der Waals surface area contributed by atoms with Gasteiger partial charge in [0, 0.05) is 24.0 Å². The van der Waals surface area contributed by atoms with Gasteiger partial charge in [0.15, 0.2) is 11.6 Å². The van der Waals surface area contributed by atoms with Crippen molar-refractivity contribution in [2.75, 3.05) is 22.5 Å². The molecule has 1 aromatic heterocycles. The van der Waals surface area contributed by atoms with E-state index in [9.17, 15) is 14.0 Å². The van der Waals surface area contributed by atoms with E-state index >= 15 is 0 Å². The summed E-state index contributed by atoms with van der Waals surface area (Å²) in [6.07, 6.45) is 2.69. The summed E-state index contributed by atoms with van der Waals surface area (Å²) in [4.78, 5) is 32.8. The highest BCUT2D eigenvalue weighted by molar-refractivity contribution is 5.90. The van der Waals surface area contributed by atoms with Crippen LogP contribution in [0.2, 0.25) is 0 Å². The summed E-state index contributed by atoms with van der Waals surface area (Å²) in [5.41, 5.74) is 6.92. The summed E-state index contributed by atoms with van der Waals surface area (Å²) < 4.78 is 14.5. The number of carbonyl (C=O) groups is 2. The lowest BCUT2D eigenvalue weighted by Gasteiger charge is -2.35. The molecular weight excluding hydrogens is 389 g/mol. The number of nitrogens with one attached hydrogen (secondary N) is 4. The number of hydrogen-bond donors (Lipinski definition) is 5. The van der Waals surface area contributed by atoms with Crippen molar-refractivity contribution in [1.29, 1.82) is 0 Å². The molecule has 2 heterocycles. The van der Waals surface area contributed by atoms with Gasteiger partial charge in [-0.2, -0.15) is 4.98 Å². The summed E-state index contributed by atoms with van der Waals surface area (Å²) in [6, 6.07) is 6.41. The SMILES string of the molecule is NC(=O)[C@H]1[C@H]2C[C@H]3CNC(=O)Nc4cccc(c4)Nc4ncc(F)c(n4)N[C@@H]1[C@@H]3C2. The van der Waals surface area contributed by atoms with Crippen LogP contribution in [0.3, 0.4) is 0 Å². The first-order chi connectivity index (χ1) is 14.5. The predicted molar refractivity (Wildman–Crippen MR) is 109 cm³/mol. The maximum absolute atomic E-state index is 14.5. The van der Waals surface area contributed by atoms with Gasteiger partial charge in [-0.15, -0.1) is 0 Å². The smallest absolute Gasteiger partial charge is 0.319 e. The van der Waals surface area contributed by atoms with E-state index in [1.807, 2.05) is 0 Å². The standard InChI is InChI=1S/C20H22FN7O2/c21-14-8-23-19-25-11-2-1-3-12(6-11)26-20(30)24-7-10-4-9-5-13(10)16(15(9)17(22)29)27-18(14)28-19/h1-3,6,8-10,13,15-16H,4-5,7H2,(H2,22,29)(H2,24,26,30)(H2,23,25,27,28)/t9-,10-,13+,15-,16+/m0/s1. The molecule has 2 fully saturated rings. The van der Waals surface area contributed by atoms with E-state index in [2.05, 4.69) is 31.2 Å². The molecule has 9 nitrogen and oxygen atoms in total. The number of carbonyl (C=O) groups excluding carboxylic acids is 2. The summed E-state index contributed by atoms with van der Waals surface area (Å²) in [6.45, 7) is 0.464. The van der Waals surface area contributed by atoms with Crippen molar-refractivity contribution in [1.82, 2.24) is 15.3 Å². The molecule has 3 aliphatic rings. The molecule has 1 aliphatic heterocycles. The normalized spacial score (nSPS) is 29.5. The fraction of sp³-hybridized carbons (Fsp3) is 0.400. The Labute approximate surface area is 172 Å². The highest BCUT2D eigenvalue weighted by Gasteiger charge is 2.54. The van der Waals surface area contributed by atoms with Crippen LogP contribution in [0, 0.1) is 29.5 Å². The molecular formula is C20H22FN7O2. The molecule has 0 saturated heterocycles. The van der Waals surface area contributed by atoms with Gasteiger partial charge in [-0.05, 0) is 48.8 Å². The molecule has 0 radical (unpaired) electrons. The van der Waals surface area contributed by atoms with Gasteiger partial charge in [0.25, 0.3) is 0 Å². The number of urea groups is 1. The number of nitrogens with two attached hydrogens (primary N) is 1. The van der Waals surface area contributed by atoms with Crippen LogP contribution in [0.25, 0.3) is 0 Å². The Morgan fingerprint density at radius 2 is 1.97 bits per heavy atom. The molecule has 3 amide bonds. The molecule has 2 aromatic rings. The molecule has 10 heteroatoms. The van der Waals surface area contributed by atoms with Gasteiger partial charge >= 0.3 is 6.03 Å². The maximum atomic E-state index is 14.5. The lowest BCUT2D eigenvalue weighted by atomic mass is 9.77. The highest BCUT2D eigenvalue weighted by Crippen LogP contribution is 2.52. The topological polar surface area (TPSA) is 134 Å². The van der Waals surface area contributed by atoms with Crippen molar-refractivity contribution in [3.63, 3.8) is 0 Å². The number of hydrogen-bond acceptors (Lipinski definition) is 6. The highest BCUT2D eigenvalue weighted by atomic mass is 19.1. The minimum absolute atomic E-state index is 0.0308. The zero-order chi connectivity index (χ0) is 20.8. The molecule has 2 saturated carbocycles. The number of fused-ring (bicyclic) bond motifs is 5. The van der Waals surface area contributed by atoms with Gasteiger partial charge in [-0.25, -0.2) is 14.2 Å². The Hall–Kier alpha value is -3.43. The molecule has 1 aromatic carbocycles. The van der Waals surface area contributed by atoms with Crippen molar-refractivity contribution < 1.29 is 14.0 Å². The van der Waals surface area contributed by atoms with Gasteiger partial charge in [-0.3, -0.25) is 4.79 Å². The van der Waals surface area contributed by atoms with Crippen molar-refractivity contribution >= 4 is 35.1 Å². The van der Waals surface area contributed by atoms with Crippen molar-refractivity contribution in [3.8, 4) is 0 Å². The quantitative estimate of drug-likeness (QED) is 0.487. The number of primary amides is 1. The number of nitrogens with zero attached hydrogens (tertiary/aromatic N) is 2. The van der Waals surface area contributed by atoms with Crippen molar-refractivity contribution in [2.45, 2.75) is 18.9 Å².